The van der Waals surface area contributed by atoms with E-state index in [2.05, 4.69) is 4.98 Å². The number of carbonyl (C=O) groups is 1. The molecule has 0 aliphatic carbocycles. The maximum atomic E-state index is 11.0. The molecule has 0 atom stereocenters. The summed E-state index contributed by atoms with van der Waals surface area (Å²) >= 11 is 1.41. The van der Waals surface area contributed by atoms with E-state index in [1.54, 1.807) is 12.5 Å². The van der Waals surface area contributed by atoms with Gasteiger partial charge in [-0.2, -0.15) is 0 Å². The largest absolute Gasteiger partial charge is 0.496 e. The Morgan fingerprint density at radius 2 is 1.94 bits per heavy atom. The van der Waals surface area contributed by atoms with Crippen LogP contribution in [0.3, 0.4) is 0 Å². The fourth-order valence-corrected chi connectivity index (χ4v) is 2.71. The van der Waals surface area contributed by atoms with Crippen LogP contribution in [0.1, 0.15) is 21.6 Å². The third-order valence-electron chi connectivity index (χ3n) is 2.67. The van der Waals surface area contributed by atoms with E-state index in [9.17, 15) is 4.79 Å². The van der Waals surface area contributed by atoms with E-state index in [0.717, 1.165) is 27.4 Å². The predicted molar refractivity (Wildman–Crippen MR) is 72.1 cm³/mol. The second-order valence-electron chi connectivity index (χ2n) is 4.05. The van der Waals surface area contributed by atoms with Crippen LogP contribution in [-0.4, -0.2) is 18.0 Å². The first kappa shape index (κ1) is 12.6. The zero-order chi connectivity index (χ0) is 13.3. The molecule has 0 aliphatic rings. The highest BCUT2D eigenvalue weighted by atomic mass is 32.1. The molecule has 1 aromatic heterocycles. The molecule has 1 heterocycles. The summed E-state index contributed by atoms with van der Waals surface area (Å²) in [5, 5.41) is 2.46. The van der Waals surface area contributed by atoms with E-state index in [4.69, 9.17) is 10.5 Å². The number of rotatable bonds is 3. The molecule has 0 radical (unpaired) electrons. The second-order valence-corrected chi connectivity index (χ2v) is 4.90. The van der Waals surface area contributed by atoms with Gasteiger partial charge < -0.3 is 10.5 Å². The van der Waals surface area contributed by atoms with Gasteiger partial charge in [0.05, 0.1) is 7.11 Å². The van der Waals surface area contributed by atoms with Crippen LogP contribution in [-0.2, 0) is 0 Å². The monoisotopic (exact) mass is 262 g/mol. The third kappa shape index (κ3) is 2.22. The minimum atomic E-state index is -0.501. The number of nitrogens with zero attached hydrogens (tertiary/aromatic N) is 1. The van der Waals surface area contributed by atoms with Crippen LogP contribution in [0.4, 0.5) is 0 Å². The lowest BCUT2D eigenvalue weighted by Crippen LogP contribution is -2.10. The highest BCUT2D eigenvalue weighted by molar-refractivity contribution is 7.13. The van der Waals surface area contributed by atoms with E-state index in [1.807, 2.05) is 26.0 Å². The standard InChI is InChI=1S/C13H14N2O2S/c1-7-4-9(5-8(2)11(7)17-3)13-15-10(6-18-13)12(14)16/h4-6H,1-3H3,(H2,14,16). The van der Waals surface area contributed by atoms with Crippen molar-refractivity contribution in [3.05, 3.63) is 34.3 Å². The molecular weight excluding hydrogens is 248 g/mol. The summed E-state index contributed by atoms with van der Waals surface area (Å²) in [5.41, 5.74) is 8.57. The molecule has 5 heteroatoms. The van der Waals surface area contributed by atoms with Crippen molar-refractivity contribution in [1.29, 1.82) is 0 Å². The van der Waals surface area contributed by atoms with Gasteiger partial charge in [-0.25, -0.2) is 4.98 Å². The Balaban J connectivity index is 2.47. The molecule has 0 spiro atoms. The molecular formula is C13H14N2O2S. The first-order valence-corrected chi connectivity index (χ1v) is 6.32. The molecule has 0 saturated heterocycles. The zero-order valence-corrected chi connectivity index (χ0v) is 11.3. The molecule has 0 bridgehead atoms. The van der Waals surface area contributed by atoms with E-state index in [-0.39, 0.29) is 0 Å². The van der Waals surface area contributed by atoms with Crippen LogP contribution >= 0.6 is 11.3 Å². The molecule has 0 aliphatic heterocycles. The summed E-state index contributed by atoms with van der Waals surface area (Å²) in [7, 11) is 1.66. The number of primary amides is 1. The molecule has 0 saturated carbocycles. The number of hydrogen-bond donors (Lipinski definition) is 1. The number of aromatic nitrogens is 1. The Hall–Kier alpha value is -1.88. The number of amides is 1. The van der Waals surface area contributed by atoms with Crippen LogP contribution in [0.25, 0.3) is 10.6 Å². The number of ether oxygens (including phenoxy) is 1. The van der Waals surface area contributed by atoms with Crippen molar-refractivity contribution < 1.29 is 9.53 Å². The van der Waals surface area contributed by atoms with Crippen molar-refractivity contribution in [3.8, 4) is 16.3 Å². The van der Waals surface area contributed by atoms with Gasteiger partial charge in [0.2, 0.25) is 0 Å². The highest BCUT2D eigenvalue weighted by Crippen LogP contribution is 2.31. The van der Waals surface area contributed by atoms with Crippen molar-refractivity contribution in [3.63, 3.8) is 0 Å². The van der Waals surface area contributed by atoms with Gasteiger partial charge in [-0.05, 0) is 37.1 Å². The average molecular weight is 262 g/mol. The van der Waals surface area contributed by atoms with Crippen LogP contribution in [0.15, 0.2) is 17.5 Å². The minimum absolute atomic E-state index is 0.307. The maximum absolute atomic E-state index is 11.0. The summed E-state index contributed by atoms with van der Waals surface area (Å²) in [4.78, 5) is 15.2. The highest BCUT2D eigenvalue weighted by Gasteiger charge is 2.11. The lowest BCUT2D eigenvalue weighted by atomic mass is 10.1. The number of thiazole rings is 1. The van der Waals surface area contributed by atoms with Gasteiger partial charge in [0.25, 0.3) is 5.91 Å². The van der Waals surface area contributed by atoms with Crippen molar-refractivity contribution in [2.24, 2.45) is 5.73 Å². The fraction of sp³-hybridized carbons (Fsp3) is 0.231. The molecule has 1 amide bonds. The molecule has 0 fully saturated rings. The Morgan fingerprint density at radius 1 is 1.33 bits per heavy atom. The molecule has 94 valence electrons. The quantitative estimate of drug-likeness (QED) is 0.924. The molecule has 2 N–H and O–H groups in total. The smallest absolute Gasteiger partial charge is 0.268 e. The SMILES string of the molecule is COc1c(C)cc(-c2nc(C(N)=O)cs2)cc1C. The predicted octanol–water partition coefficient (Wildman–Crippen LogP) is 2.53. The Kier molecular flexibility index (Phi) is 3.34. The number of aryl methyl sites for hydroxylation is 2. The van der Waals surface area contributed by atoms with E-state index in [1.165, 1.54) is 11.3 Å². The summed E-state index contributed by atoms with van der Waals surface area (Å²) in [6.45, 7) is 3.97. The van der Waals surface area contributed by atoms with Crippen LogP contribution in [0.5, 0.6) is 5.75 Å². The van der Waals surface area contributed by atoms with E-state index < -0.39 is 5.91 Å². The first-order chi connectivity index (χ1) is 8.52. The molecule has 1 aromatic carbocycles. The summed E-state index contributed by atoms with van der Waals surface area (Å²) in [6.07, 6.45) is 0. The van der Waals surface area contributed by atoms with Gasteiger partial charge in [0, 0.05) is 10.9 Å². The Bertz CT molecular complexity index is 582. The van der Waals surface area contributed by atoms with E-state index in [0.29, 0.717) is 5.69 Å². The van der Waals surface area contributed by atoms with Gasteiger partial charge in [-0.3, -0.25) is 4.79 Å². The lowest BCUT2D eigenvalue weighted by molar-refractivity contribution is 0.0996. The van der Waals surface area contributed by atoms with E-state index >= 15 is 0 Å². The Morgan fingerprint density at radius 3 is 2.39 bits per heavy atom. The van der Waals surface area contributed by atoms with Crippen LogP contribution in [0.2, 0.25) is 0 Å². The molecule has 4 nitrogen and oxygen atoms in total. The van der Waals surface area contributed by atoms with Gasteiger partial charge in [0.1, 0.15) is 16.5 Å². The summed E-state index contributed by atoms with van der Waals surface area (Å²) in [5.74, 6) is 0.380. The van der Waals surface area contributed by atoms with Crippen LogP contribution in [0, 0.1) is 13.8 Å². The minimum Gasteiger partial charge on any atom is -0.496 e. The maximum Gasteiger partial charge on any atom is 0.268 e. The number of nitrogens with two attached hydrogens (primary N) is 1. The lowest BCUT2D eigenvalue weighted by Gasteiger charge is -2.09. The average Bonchev–Trinajstić information content (AvgIpc) is 2.77. The Labute approximate surface area is 109 Å². The number of hydrogen-bond acceptors (Lipinski definition) is 4. The van der Waals surface area contributed by atoms with Crippen molar-refractivity contribution in [1.82, 2.24) is 4.98 Å². The fourth-order valence-electron chi connectivity index (χ4n) is 1.92. The van der Waals surface area contributed by atoms with Crippen molar-refractivity contribution in [2.75, 3.05) is 7.11 Å². The number of carbonyl (C=O) groups excluding carboxylic acids is 1. The summed E-state index contributed by atoms with van der Waals surface area (Å²) < 4.78 is 5.32. The molecule has 0 unspecified atom stereocenters. The normalized spacial score (nSPS) is 10.4. The van der Waals surface area contributed by atoms with Gasteiger partial charge in [-0.15, -0.1) is 11.3 Å². The van der Waals surface area contributed by atoms with Crippen molar-refractivity contribution >= 4 is 17.2 Å². The van der Waals surface area contributed by atoms with Crippen molar-refractivity contribution in [2.45, 2.75) is 13.8 Å². The molecule has 2 aromatic rings. The number of benzene rings is 1. The second kappa shape index (κ2) is 4.78. The third-order valence-corrected chi connectivity index (χ3v) is 3.56. The topological polar surface area (TPSA) is 65.2 Å². The van der Waals surface area contributed by atoms with Gasteiger partial charge >= 0.3 is 0 Å². The van der Waals surface area contributed by atoms with Gasteiger partial charge in [-0.1, -0.05) is 0 Å². The van der Waals surface area contributed by atoms with Crippen LogP contribution < -0.4 is 10.5 Å². The summed E-state index contributed by atoms with van der Waals surface area (Å²) in [6, 6.07) is 3.99. The first-order valence-electron chi connectivity index (χ1n) is 5.44. The molecule has 2 rings (SSSR count). The number of methoxy groups -OCH3 is 1. The molecule has 18 heavy (non-hydrogen) atoms. The van der Waals surface area contributed by atoms with Gasteiger partial charge in [0.15, 0.2) is 0 Å². The zero-order valence-electron chi connectivity index (χ0n) is 10.5.